The minimum atomic E-state index is -0.499. The van der Waals surface area contributed by atoms with Gasteiger partial charge in [-0.3, -0.25) is 4.79 Å². The molecule has 0 aliphatic carbocycles. The topological polar surface area (TPSA) is 20.3 Å². The molecule has 1 atom stereocenters. The Hall–Kier alpha value is -2.36. The Kier molecular flexibility index (Phi) is 4.90. The lowest BCUT2D eigenvalue weighted by atomic mass is 9.87. The molecular weight excluding hydrogens is 384 g/mol. The third-order valence-electron chi connectivity index (χ3n) is 4.85. The van der Waals surface area contributed by atoms with Crippen LogP contribution in [0.15, 0.2) is 66.7 Å². The molecule has 2 nitrogen and oxygen atoms in total. The van der Waals surface area contributed by atoms with E-state index in [2.05, 4.69) is 0 Å². The van der Waals surface area contributed by atoms with Gasteiger partial charge in [0.1, 0.15) is 5.82 Å². The van der Waals surface area contributed by atoms with Crippen LogP contribution in [0.25, 0.3) is 0 Å². The van der Waals surface area contributed by atoms with E-state index in [4.69, 9.17) is 23.2 Å². The number of hydrogen-bond acceptors (Lipinski definition) is 1. The van der Waals surface area contributed by atoms with Crippen molar-refractivity contribution in [2.75, 3.05) is 6.54 Å². The van der Waals surface area contributed by atoms with Crippen molar-refractivity contribution < 1.29 is 9.18 Å². The van der Waals surface area contributed by atoms with E-state index in [9.17, 15) is 9.18 Å². The number of fused-ring (bicyclic) bond motifs is 1. The number of carbonyl (C=O) groups is 1. The van der Waals surface area contributed by atoms with Crippen molar-refractivity contribution in [1.82, 2.24) is 4.90 Å². The van der Waals surface area contributed by atoms with Crippen molar-refractivity contribution >= 4 is 29.1 Å². The third kappa shape index (κ3) is 3.45. The van der Waals surface area contributed by atoms with E-state index in [1.165, 1.54) is 6.07 Å². The first kappa shape index (κ1) is 18.0. The highest BCUT2D eigenvalue weighted by Gasteiger charge is 2.34. The molecule has 0 saturated heterocycles. The second kappa shape index (κ2) is 7.34. The highest BCUT2D eigenvalue weighted by atomic mass is 35.5. The molecule has 0 unspecified atom stereocenters. The second-order valence-electron chi connectivity index (χ2n) is 6.53. The van der Waals surface area contributed by atoms with Crippen molar-refractivity contribution in [3.63, 3.8) is 0 Å². The largest absolute Gasteiger partial charge is 0.327 e. The van der Waals surface area contributed by atoms with Gasteiger partial charge in [-0.2, -0.15) is 0 Å². The van der Waals surface area contributed by atoms with Gasteiger partial charge in [-0.05, 0) is 41.8 Å². The number of amides is 1. The van der Waals surface area contributed by atoms with E-state index < -0.39 is 6.04 Å². The fourth-order valence-corrected chi connectivity index (χ4v) is 4.19. The van der Waals surface area contributed by atoms with Crippen LogP contribution in [-0.2, 0) is 6.42 Å². The third-order valence-corrected chi connectivity index (χ3v) is 5.29. The van der Waals surface area contributed by atoms with Gasteiger partial charge in [-0.15, -0.1) is 0 Å². The number of carbonyl (C=O) groups excluding carboxylic acids is 1. The Morgan fingerprint density at radius 3 is 2.26 bits per heavy atom. The van der Waals surface area contributed by atoms with Crippen LogP contribution < -0.4 is 0 Å². The standard InChI is InChI=1S/C22H16Cl2FNO/c23-16-11-15(12-17(24)13-16)22(27)26-10-9-14-5-1-2-6-18(14)21(26)19-7-3-4-8-20(19)25/h1-8,11-13,21H,9-10H2/t21-/m1/s1. The minimum absolute atomic E-state index is 0.220. The first-order valence-electron chi connectivity index (χ1n) is 8.64. The molecule has 0 bridgehead atoms. The molecule has 4 rings (SSSR count). The molecule has 1 heterocycles. The molecule has 0 spiro atoms. The Morgan fingerprint density at radius 1 is 0.926 bits per heavy atom. The lowest BCUT2D eigenvalue weighted by Gasteiger charge is -2.38. The number of nitrogens with zero attached hydrogens (tertiary/aromatic N) is 1. The Labute approximate surface area is 167 Å². The van der Waals surface area contributed by atoms with Gasteiger partial charge in [0.25, 0.3) is 5.91 Å². The van der Waals surface area contributed by atoms with E-state index in [-0.39, 0.29) is 11.7 Å². The van der Waals surface area contributed by atoms with Crippen LogP contribution in [0.1, 0.15) is 33.1 Å². The minimum Gasteiger partial charge on any atom is -0.327 e. The van der Waals surface area contributed by atoms with Gasteiger partial charge in [0, 0.05) is 27.7 Å². The van der Waals surface area contributed by atoms with Gasteiger partial charge in [0.2, 0.25) is 0 Å². The number of rotatable bonds is 2. The summed E-state index contributed by atoms with van der Waals surface area (Å²) in [6.45, 7) is 0.485. The van der Waals surface area contributed by atoms with Gasteiger partial charge >= 0.3 is 0 Å². The van der Waals surface area contributed by atoms with Crippen LogP contribution in [0, 0.1) is 5.82 Å². The zero-order valence-electron chi connectivity index (χ0n) is 14.3. The molecule has 0 aromatic heterocycles. The Balaban J connectivity index is 1.84. The number of halogens is 3. The first-order valence-corrected chi connectivity index (χ1v) is 9.39. The van der Waals surface area contributed by atoms with Gasteiger partial charge in [-0.1, -0.05) is 65.7 Å². The normalized spacial score (nSPS) is 16.1. The molecule has 1 aliphatic rings. The van der Waals surface area contributed by atoms with Crippen LogP contribution >= 0.6 is 23.2 Å². The molecule has 0 fully saturated rings. The van der Waals surface area contributed by atoms with Gasteiger partial charge in [0.05, 0.1) is 6.04 Å². The maximum Gasteiger partial charge on any atom is 0.254 e. The average Bonchev–Trinajstić information content (AvgIpc) is 2.66. The first-order chi connectivity index (χ1) is 13.0. The SMILES string of the molecule is O=C(c1cc(Cl)cc(Cl)c1)N1CCc2ccccc2[C@@H]1c1ccccc1F. The summed E-state index contributed by atoms with van der Waals surface area (Å²) >= 11 is 12.2. The van der Waals surface area contributed by atoms with E-state index in [1.807, 2.05) is 24.3 Å². The molecule has 136 valence electrons. The summed E-state index contributed by atoms with van der Waals surface area (Å²) in [5, 5.41) is 0.788. The summed E-state index contributed by atoms with van der Waals surface area (Å²) in [5.41, 5.74) is 2.94. The molecular formula is C22H16Cl2FNO. The molecule has 3 aromatic rings. The zero-order chi connectivity index (χ0) is 19.0. The monoisotopic (exact) mass is 399 g/mol. The second-order valence-corrected chi connectivity index (χ2v) is 7.40. The van der Waals surface area contributed by atoms with Crippen LogP contribution in [-0.4, -0.2) is 17.4 Å². The Bertz CT molecular complexity index is 1000. The smallest absolute Gasteiger partial charge is 0.254 e. The van der Waals surface area contributed by atoms with E-state index in [1.54, 1.807) is 41.3 Å². The lowest BCUT2D eigenvalue weighted by molar-refractivity contribution is 0.0692. The Morgan fingerprint density at radius 2 is 1.56 bits per heavy atom. The summed E-state index contributed by atoms with van der Waals surface area (Å²) < 4.78 is 14.7. The highest BCUT2D eigenvalue weighted by Crippen LogP contribution is 2.37. The summed E-state index contributed by atoms with van der Waals surface area (Å²) in [6, 6.07) is 18.7. The fraction of sp³-hybridized carbons (Fsp3) is 0.136. The number of benzene rings is 3. The van der Waals surface area contributed by atoms with Crippen molar-refractivity contribution in [1.29, 1.82) is 0 Å². The van der Waals surface area contributed by atoms with Gasteiger partial charge < -0.3 is 4.90 Å². The van der Waals surface area contributed by atoms with Crippen molar-refractivity contribution in [3.05, 3.63) is 105 Å². The molecule has 0 saturated carbocycles. The van der Waals surface area contributed by atoms with Crippen LogP contribution in [0.3, 0.4) is 0 Å². The quantitative estimate of drug-likeness (QED) is 0.523. The van der Waals surface area contributed by atoms with E-state index in [0.29, 0.717) is 34.1 Å². The molecule has 1 amide bonds. The van der Waals surface area contributed by atoms with Gasteiger partial charge in [-0.25, -0.2) is 4.39 Å². The van der Waals surface area contributed by atoms with Crippen LogP contribution in [0.4, 0.5) is 4.39 Å². The summed E-state index contributed by atoms with van der Waals surface area (Å²) in [6.07, 6.45) is 0.709. The predicted octanol–water partition coefficient (Wildman–Crippen LogP) is 5.92. The molecule has 1 aliphatic heterocycles. The molecule has 0 N–H and O–H groups in total. The maximum atomic E-state index is 14.7. The zero-order valence-corrected chi connectivity index (χ0v) is 15.8. The molecule has 5 heteroatoms. The van der Waals surface area contributed by atoms with Crippen molar-refractivity contribution in [2.45, 2.75) is 12.5 Å². The van der Waals surface area contributed by atoms with Gasteiger partial charge in [0.15, 0.2) is 0 Å². The van der Waals surface area contributed by atoms with E-state index >= 15 is 0 Å². The average molecular weight is 400 g/mol. The van der Waals surface area contributed by atoms with Crippen molar-refractivity contribution in [2.24, 2.45) is 0 Å². The summed E-state index contributed by atoms with van der Waals surface area (Å²) in [7, 11) is 0. The number of hydrogen-bond donors (Lipinski definition) is 0. The predicted molar refractivity (Wildman–Crippen MR) is 106 cm³/mol. The van der Waals surface area contributed by atoms with Crippen LogP contribution in [0.2, 0.25) is 10.0 Å². The fourth-order valence-electron chi connectivity index (χ4n) is 3.66. The maximum absolute atomic E-state index is 14.7. The van der Waals surface area contributed by atoms with Crippen molar-refractivity contribution in [3.8, 4) is 0 Å². The van der Waals surface area contributed by atoms with E-state index in [0.717, 1.165) is 11.1 Å². The highest BCUT2D eigenvalue weighted by molar-refractivity contribution is 6.35. The lowest BCUT2D eigenvalue weighted by Crippen LogP contribution is -2.41. The molecule has 0 radical (unpaired) electrons. The summed E-state index contributed by atoms with van der Waals surface area (Å²) in [5.74, 6) is -0.553. The summed E-state index contributed by atoms with van der Waals surface area (Å²) in [4.78, 5) is 15.0. The molecule has 3 aromatic carbocycles. The van der Waals surface area contributed by atoms with Crippen LogP contribution in [0.5, 0.6) is 0 Å². The molecule has 27 heavy (non-hydrogen) atoms.